The molecule has 2 N–H and O–H groups in total. The van der Waals surface area contributed by atoms with E-state index < -0.39 is 0 Å². The number of rotatable bonds is 2. The smallest absolute Gasteiger partial charge is 0.0136 e. The molecule has 0 aromatic rings. The van der Waals surface area contributed by atoms with Gasteiger partial charge in [0.05, 0.1) is 0 Å². The zero-order valence-corrected chi connectivity index (χ0v) is 9.06. The topological polar surface area (TPSA) is 29.3 Å². The van der Waals surface area contributed by atoms with Crippen LogP contribution in [0.3, 0.4) is 0 Å². The highest BCUT2D eigenvalue weighted by Crippen LogP contribution is 2.32. The van der Waals surface area contributed by atoms with Crippen molar-refractivity contribution in [3.8, 4) is 0 Å². The van der Waals surface area contributed by atoms with Crippen LogP contribution in [0.1, 0.15) is 19.3 Å². The van der Waals surface area contributed by atoms with E-state index in [4.69, 9.17) is 5.73 Å². The molecule has 2 nitrogen and oxygen atoms in total. The van der Waals surface area contributed by atoms with Crippen LogP contribution < -0.4 is 5.73 Å². The van der Waals surface area contributed by atoms with Gasteiger partial charge in [0.2, 0.25) is 0 Å². The first-order valence-electron chi connectivity index (χ1n) is 5.43. The van der Waals surface area contributed by atoms with Crippen molar-refractivity contribution in [2.24, 2.45) is 11.7 Å². The molecule has 13 heavy (non-hydrogen) atoms. The van der Waals surface area contributed by atoms with Gasteiger partial charge in [-0.1, -0.05) is 0 Å². The molecule has 1 saturated carbocycles. The van der Waals surface area contributed by atoms with Crippen molar-refractivity contribution in [2.75, 3.05) is 31.1 Å². The van der Waals surface area contributed by atoms with Gasteiger partial charge in [-0.15, -0.1) is 0 Å². The monoisotopic (exact) mass is 200 g/mol. The van der Waals surface area contributed by atoms with Gasteiger partial charge in [-0.2, -0.15) is 11.8 Å². The van der Waals surface area contributed by atoms with E-state index in [9.17, 15) is 0 Å². The lowest BCUT2D eigenvalue weighted by molar-refractivity contribution is 0.0735. The van der Waals surface area contributed by atoms with E-state index >= 15 is 0 Å². The van der Waals surface area contributed by atoms with Crippen LogP contribution in [0.4, 0.5) is 0 Å². The van der Waals surface area contributed by atoms with Crippen LogP contribution in [0, 0.1) is 5.92 Å². The van der Waals surface area contributed by atoms with Gasteiger partial charge in [-0.05, 0) is 44.0 Å². The fourth-order valence-corrected chi connectivity index (χ4v) is 3.31. The van der Waals surface area contributed by atoms with Crippen LogP contribution >= 0.6 is 11.8 Å². The first-order valence-corrected chi connectivity index (χ1v) is 6.59. The van der Waals surface area contributed by atoms with Crippen molar-refractivity contribution in [3.63, 3.8) is 0 Å². The molecule has 3 heteroatoms. The second-order valence-corrected chi connectivity index (χ2v) is 5.37. The van der Waals surface area contributed by atoms with Crippen molar-refractivity contribution >= 4 is 11.8 Å². The van der Waals surface area contributed by atoms with Gasteiger partial charge in [0, 0.05) is 18.3 Å². The summed E-state index contributed by atoms with van der Waals surface area (Å²) in [6.45, 7) is 3.51. The van der Waals surface area contributed by atoms with Gasteiger partial charge < -0.3 is 5.73 Å². The van der Waals surface area contributed by atoms with Crippen molar-refractivity contribution in [2.45, 2.75) is 25.3 Å². The van der Waals surface area contributed by atoms with E-state index in [1.165, 1.54) is 43.9 Å². The molecule has 0 amide bonds. The summed E-state index contributed by atoms with van der Waals surface area (Å²) in [7, 11) is 0. The summed E-state index contributed by atoms with van der Waals surface area (Å²) in [6, 6.07) is 0.837. The third kappa shape index (κ3) is 2.20. The van der Waals surface area contributed by atoms with Crippen LogP contribution in [-0.2, 0) is 0 Å². The molecule has 0 radical (unpaired) electrons. The highest BCUT2D eigenvalue weighted by Gasteiger charge is 2.34. The minimum atomic E-state index is 0.808. The Kier molecular flexibility index (Phi) is 3.52. The Balaban J connectivity index is 1.84. The Bertz CT molecular complexity index is 153. The minimum Gasteiger partial charge on any atom is -0.330 e. The third-order valence-electron chi connectivity index (χ3n) is 3.41. The summed E-state index contributed by atoms with van der Waals surface area (Å²) in [6.07, 6.45) is 4.13. The number of thioether (sulfide) groups is 1. The zero-order chi connectivity index (χ0) is 9.10. The Morgan fingerprint density at radius 3 is 2.85 bits per heavy atom. The van der Waals surface area contributed by atoms with Gasteiger partial charge in [0.15, 0.2) is 0 Å². The van der Waals surface area contributed by atoms with Crippen molar-refractivity contribution in [1.29, 1.82) is 0 Å². The summed E-state index contributed by atoms with van der Waals surface area (Å²) in [4.78, 5) is 2.68. The Morgan fingerprint density at radius 2 is 2.15 bits per heavy atom. The Hall–Kier alpha value is 0.270. The number of nitrogens with two attached hydrogens (primary N) is 1. The maximum absolute atomic E-state index is 5.74. The molecule has 2 atom stereocenters. The Labute approximate surface area is 85.2 Å². The van der Waals surface area contributed by atoms with Crippen LogP contribution in [0.25, 0.3) is 0 Å². The largest absolute Gasteiger partial charge is 0.330 e. The van der Waals surface area contributed by atoms with E-state index in [-0.39, 0.29) is 0 Å². The van der Waals surface area contributed by atoms with Crippen LogP contribution in [0.2, 0.25) is 0 Å². The number of hydrogen-bond acceptors (Lipinski definition) is 3. The second kappa shape index (κ2) is 4.67. The maximum Gasteiger partial charge on any atom is 0.0136 e. The van der Waals surface area contributed by atoms with Gasteiger partial charge in [0.25, 0.3) is 0 Å². The van der Waals surface area contributed by atoms with Crippen LogP contribution in [-0.4, -0.2) is 42.1 Å². The first-order chi connectivity index (χ1) is 6.42. The molecule has 76 valence electrons. The molecule has 0 aromatic heterocycles. The third-order valence-corrected chi connectivity index (χ3v) is 4.45. The van der Waals surface area contributed by atoms with Crippen molar-refractivity contribution in [1.82, 2.24) is 4.90 Å². The molecule has 1 aliphatic heterocycles. The summed E-state index contributed by atoms with van der Waals surface area (Å²) >= 11 is 2.11. The highest BCUT2D eigenvalue weighted by atomic mass is 32.2. The van der Waals surface area contributed by atoms with Crippen LogP contribution in [0.5, 0.6) is 0 Å². The average molecular weight is 200 g/mol. The van der Waals surface area contributed by atoms with Gasteiger partial charge >= 0.3 is 0 Å². The van der Waals surface area contributed by atoms with E-state index in [1.807, 2.05) is 0 Å². The summed E-state index contributed by atoms with van der Waals surface area (Å²) in [5.41, 5.74) is 5.74. The molecule has 1 saturated heterocycles. The minimum absolute atomic E-state index is 0.808. The molecule has 0 bridgehead atoms. The second-order valence-electron chi connectivity index (χ2n) is 4.14. The molecule has 0 spiro atoms. The summed E-state index contributed by atoms with van der Waals surface area (Å²) in [5, 5.41) is 0. The number of nitrogens with zero attached hydrogens (tertiary/aromatic N) is 1. The average Bonchev–Trinajstić information content (AvgIpc) is 2.32. The molecule has 2 unspecified atom stereocenters. The molecule has 2 aliphatic rings. The fourth-order valence-electron chi connectivity index (χ4n) is 2.40. The number of hydrogen-bond donors (Lipinski definition) is 1. The Morgan fingerprint density at radius 1 is 1.23 bits per heavy atom. The molecule has 1 aliphatic carbocycles. The molecular formula is C10H20N2S. The first kappa shape index (κ1) is 9.81. The van der Waals surface area contributed by atoms with E-state index in [0.29, 0.717) is 0 Å². The standard InChI is InChI=1S/C10H20N2S/c11-8-9-2-3-10(9)12-4-1-6-13-7-5-12/h9-10H,1-8,11H2. The van der Waals surface area contributed by atoms with Crippen LogP contribution in [0.15, 0.2) is 0 Å². The quantitative estimate of drug-likeness (QED) is 0.725. The van der Waals surface area contributed by atoms with Crippen molar-refractivity contribution < 1.29 is 0 Å². The lowest BCUT2D eigenvalue weighted by Crippen LogP contribution is -2.50. The SMILES string of the molecule is NCC1CCC1N1CCCSCC1. The van der Waals surface area contributed by atoms with Crippen molar-refractivity contribution in [3.05, 3.63) is 0 Å². The maximum atomic E-state index is 5.74. The van der Waals surface area contributed by atoms with Gasteiger partial charge in [0.1, 0.15) is 0 Å². The van der Waals surface area contributed by atoms with E-state index in [0.717, 1.165) is 18.5 Å². The van der Waals surface area contributed by atoms with E-state index in [1.54, 1.807) is 0 Å². The van der Waals surface area contributed by atoms with Gasteiger partial charge in [-0.25, -0.2) is 0 Å². The van der Waals surface area contributed by atoms with E-state index in [2.05, 4.69) is 16.7 Å². The summed E-state index contributed by atoms with van der Waals surface area (Å²) < 4.78 is 0. The highest BCUT2D eigenvalue weighted by molar-refractivity contribution is 7.99. The van der Waals surface area contributed by atoms with Gasteiger partial charge in [-0.3, -0.25) is 4.90 Å². The predicted octanol–water partition coefficient (Wildman–Crippen LogP) is 1.16. The molecule has 2 rings (SSSR count). The zero-order valence-electron chi connectivity index (χ0n) is 8.24. The molecular weight excluding hydrogens is 180 g/mol. The molecule has 2 fully saturated rings. The summed E-state index contributed by atoms with van der Waals surface area (Å²) in [5.74, 6) is 3.49. The lowest BCUT2D eigenvalue weighted by Gasteiger charge is -2.43. The lowest BCUT2D eigenvalue weighted by atomic mass is 9.78. The predicted molar refractivity (Wildman–Crippen MR) is 59.1 cm³/mol. The normalized spacial score (nSPS) is 36.7. The molecule has 0 aromatic carbocycles. The molecule has 1 heterocycles. The fraction of sp³-hybridized carbons (Fsp3) is 1.00.